The van der Waals surface area contributed by atoms with E-state index in [4.69, 9.17) is 0 Å². The lowest BCUT2D eigenvalue weighted by molar-refractivity contribution is -0.0414. The number of allylic oxidation sites excluding steroid dienone is 4. The standard InChI is InChI=1S/C29H48O/c1-7-21(19(2)3)9-8-20(4)25-12-13-26-24-11-10-22-18-23(30)14-16-28(22,5)27(24)15-17-29(25,26)6/h8-9,11,19-23,25-27,30H,7,10,12-18H2,1-6H3/b9-8+/t20-,21+,22-,23-,25-,26+,27+,28+,29-/m1/s1. The SMILES string of the molecule is CC[C@@H](/C=C/[C@@H](C)[C@H]1CC[C@H]2C3=CC[C@@H]4C[C@H](O)CC[C@]4(C)[C@H]3CC[C@]12C)C(C)C. The van der Waals surface area contributed by atoms with Gasteiger partial charge in [0.15, 0.2) is 0 Å². The smallest absolute Gasteiger partial charge is 0.0543 e. The molecule has 0 aromatic heterocycles. The minimum absolute atomic E-state index is 0.0480. The van der Waals surface area contributed by atoms with Gasteiger partial charge in [-0.1, -0.05) is 65.3 Å². The lowest BCUT2D eigenvalue weighted by Crippen LogP contribution is -2.49. The maximum Gasteiger partial charge on any atom is 0.0543 e. The zero-order valence-electron chi connectivity index (χ0n) is 20.7. The van der Waals surface area contributed by atoms with Crippen LogP contribution in [0.2, 0.25) is 0 Å². The van der Waals surface area contributed by atoms with Gasteiger partial charge in [0.25, 0.3) is 0 Å². The van der Waals surface area contributed by atoms with Crippen LogP contribution in [0.5, 0.6) is 0 Å². The van der Waals surface area contributed by atoms with E-state index in [0.717, 1.165) is 42.4 Å². The van der Waals surface area contributed by atoms with E-state index in [9.17, 15) is 5.11 Å². The van der Waals surface area contributed by atoms with Gasteiger partial charge in [0.05, 0.1) is 6.10 Å². The second-order valence-corrected chi connectivity index (χ2v) is 12.5. The molecule has 1 heteroatoms. The van der Waals surface area contributed by atoms with Gasteiger partial charge in [-0.15, -0.1) is 0 Å². The van der Waals surface area contributed by atoms with Gasteiger partial charge >= 0.3 is 0 Å². The molecule has 4 aliphatic carbocycles. The molecule has 1 N–H and O–H groups in total. The Hall–Kier alpha value is -0.560. The minimum Gasteiger partial charge on any atom is -0.393 e. The summed E-state index contributed by atoms with van der Waals surface area (Å²) in [6.07, 6.45) is 19.2. The van der Waals surface area contributed by atoms with Crippen LogP contribution in [0.4, 0.5) is 0 Å². The first-order valence-corrected chi connectivity index (χ1v) is 13.3. The van der Waals surface area contributed by atoms with Gasteiger partial charge in [0.1, 0.15) is 0 Å². The average Bonchev–Trinajstić information content (AvgIpc) is 3.06. The molecule has 0 aromatic carbocycles. The number of hydrogen-bond donors (Lipinski definition) is 1. The normalized spacial score (nSPS) is 45.6. The summed E-state index contributed by atoms with van der Waals surface area (Å²) in [7, 11) is 0. The maximum atomic E-state index is 10.3. The summed E-state index contributed by atoms with van der Waals surface area (Å²) < 4.78 is 0. The molecule has 0 aromatic rings. The molecule has 4 aliphatic rings. The fraction of sp³-hybridized carbons (Fsp3) is 0.862. The van der Waals surface area contributed by atoms with E-state index in [-0.39, 0.29) is 6.10 Å². The predicted octanol–water partition coefficient (Wildman–Crippen LogP) is 7.80. The molecular weight excluding hydrogens is 364 g/mol. The van der Waals surface area contributed by atoms with E-state index in [1.165, 1.54) is 44.9 Å². The van der Waals surface area contributed by atoms with Crippen molar-refractivity contribution in [3.63, 3.8) is 0 Å². The van der Waals surface area contributed by atoms with Crippen LogP contribution in [-0.2, 0) is 0 Å². The zero-order chi connectivity index (χ0) is 21.7. The van der Waals surface area contributed by atoms with E-state index in [2.05, 4.69) is 59.8 Å². The summed E-state index contributed by atoms with van der Waals surface area (Å²) in [5.41, 5.74) is 2.79. The van der Waals surface area contributed by atoms with Crippen LogP contribution in [0, 0.1) is 52.3 Å². The molecule has 0 spiro atoms. The molecule has 0 radical (unpaired) electrons. The van der Waals surface area contributed by atoms with Crippen molar-refractivity contribution >= 4 is 0 Å². The van der Waals surface area contributed by atoms with Crippen LogP contribution >= 0.6 is 0 Å². The van der Waals surface area contributed by atoms with Crippen LogP contribution in [0.25, 0.3) is 0 Å². The third-order valence-electron chi connectivity index (χ3n) is 10.7. The molecule has 0 aliphatic heterocycles. The molecular formula is C29H48O. The second kappa shape index (κ2) is 8.42. The van der Waals surface area contributed by atoms with Crippen molar-refractivity contribution in [3.05, 3.63) is 23.8 Å². The Morgan fingerprint density at radius 1 is 1.00 bits per heavy atom. The Morgan fingerprint density at radius 2 is 1.70 bits per heavy atom. The first-order valence-electron chi connectivity index (χ1n) is 13.3. The molecule has 170 valence electrons. The highest BCUT2D eigenvalue weighted by atomic mass is 16.3. The lowest BCUT2D eigenvalue weighted by Gasteiger charge is -2.57. The van der Waals surface area contributed by atoms with Crippen molar-refractivity contribution in [2.24, 2.45) is 52.3 Å². The van der Waals surface area contributed by atoms with Crippen LogP contribution in [0.1, 0.15) is 99.3 Å². The molecule has 9 atom stereocenters. The zero-order valence-corrected chi connectivity index (χ0v) is 20.7. The van der Waals surface area contributed by atoms with Crippen LogP contribution in [0.15, 0.2) is 23.8 Å². The molecule has 0 bridgehead atoms. The lowest BCUT2D eigenvalue weighted by atomic mass is 9.47. The van der Waals surface area contributed by atoms with Crippen molar-refractivity contribution in [1.82, 2.24) is 0 Å². The first-order chi connectivity index (χ1) is 14.2. The summed E-state index contributed by atoms with van der Waals surface area (Å²) in [6, 6.07) is 0. The van der Waals surface area contributed by atoms with Crippen molar-refractivity contribution in [2.75, 3.05) is 0 Å². The molecule has 0 amide bonds. The van der Waals surface area contributed by atoms with Crippen molar-refractivity contribution < 1.29 is 5.11 Å². The van der Waals surface area contributed by atoms with E-state index in [1.54, 1.807) is 0 Å². The number of aliphatic hydroxyl groups is 1. The average molecular weight is 413 g/mol. The quantitative estimate of drug-likeness (QED) is 0.457. The second-order valence-electron chi connectivity index (χ2n) is 12.5. The van der Waals surface area contributed by atoms with Gasteiger partial charge in [-0.05, 0) is 110 Å². The summed E-state index contributed by atoms with van der Waals surface area (Å²) >= 11 is 0. The van der Waals surface area contributed by atoms with Gasteiger partial charge in [0.2, 0.25) is 0 Å². The van der Waals surface area contributed by atoms with Gasteiger partial charge < -0.3 is 5.11 Å². The molecule has 0 saturated heterocycles. The Labute approximate surface area is 186 Å². The molecule has 0 unspecified atom stereocenters. The van der Waals surface area contributed by atoms with E-state index in [0.29, 0.717) is 22.7 Å². The van der Waals surface area contributed by atoms with E-state index < -0.39 is 0 Å². The topological polar surface area (TPSA) is 20.2 Å². The monoisotopic (exact) mass is 412 g/mol. The van der Waals surface area contributed by atoms with E-state index in [1.807, 2.05) is 5.57 Å². The largest absolute Gasteiger partial charge is 0.393 e. The van der Waals surface area contributed by atoms with Crippen LogP contribution in [-0.4, -0.2) is 11.2 Å². The Bertz CT molecular complexity index is 674. The van der Waals surface area contributed by atoms with Gasteiger partial charge in [-0.2, -0.15) is 0 Å². The molecule has 1 nitrogen and oxygen atoms in total. The fourth-order valence-corrected chi connectivity index (χ4v) is 8.68. The molecule has 0 heterocycles. The first kappa shape index (κ1) is 22.6. The third kappa shape index (κ3) is 3.66. The Kier molecular flexibility index (Phi) is 6.35. The number of rotatable bonds is 5. The van der Waals surface area contributed by atoms with Crippen LogP contribution in [0.3, 0.4) is 0 Å². The number of aliphatic hydroxyl groups excluding tert-OH is 1. The summed E-state index contributed by atoms with van der Waals surface area (Å²) in [5, 5.41) is 10.3. The predicted molar refractivity (Wildman–Crippen MR) is 128 cm³/mol. The highest BCUT2D eigenvalue weighted by Crippen LogP contribution is 2.66. The third-order valence-corrected chi connectivity index (χ3v) is 10.7. The number of fused-ring (bicyclic) bond motifs is 5. The minimum atomic E-state index is -0.0480. The summed E-state index contributed by atoms with van der Waals surface area (Å²) in [5.74, 6) is 5.32. The highest BCUT2D eigenvalue weighted by molar-refractivity contribution is 5.28. The van der Waals surface area contributed by atoms with Gasteiger partial charge in [-0.25, -0.2) is 0 Å². The number of hydrogen-bond acceptors (Lipinski definition) is 1. The molecule has 4 rings (SSSR count). The fourth-order valence-electron chi connectivity index (χ4n) is 8.68. The Balaban J connectivity index is 1.53. The molecule has 30 heavy (non-hydrogen) atoms. The summed E-state index contributed by atoms with van der Waals surface area (Å²) in [4.78, 5) is 0. The summed E-state index contributed by atoms with van der Waals surface area (Å²) in [6.45, 7) is 14.8. The van der Waals surface area contributed by atoms with Crippen molar-refractivity contribution in [1.29, 1.82) is 0 Å². The molecule has 3 fully saturated rings. The van der Waals surface area contributed by atoms with Crippen LogP contribution < -0.4 is 0 Å². The molecule has 3 saturated carbocycles. The maximum absolute atomic E-state index is 10.3. The highest BCUT2D eigenvalue weighted by Gasteiger charge is 2.57. The van der Waals surface area contributed by atoms with Gasteiger partial charge in [0, 0.05) is 0 Å². The van der Waals surface area contributed by atoms with Crippen molar-refractivity contribution in [3.8, 4) is 0 Å². The Morgan fingerprint density at radius 3 is 2.40 bits per heavy atom. The van der Waals surface area contributed by atoms with Crippen molar-refractivity contribution in [2.45, 2.75) is 105 Å². The van der Waals surface area contributed by atoms with Gasteiger partial charge in [-0.3, -0.25) is 0 Å². The van der Waals surface area contributed by atoms with E-state index >= 15 is 0 Å².